The first-order valence-electron chi connectivity index (χ1n) is 8.13. The highest BCUT2D eigenvalue weighted by atomic mass is 16.6. The van der Waals surface area contributed by atoms with Gasteiger partial charge in [-0.2, -0.15) is 0 Å². The van der Waals surface area contributed by atoms with E-state index in [4.69, 9.17) is 18.9 Å². The highest BCUT2D eigenvalue weighted by Gasteiger charge is 2.24. The molecule has 2 aliphatic heterocycles. The number of ether oxygens (including phenoxy) is 4. The fourth-order valence-corrected chi connectivity index (χ4v) is 2.62. The molecular weight excluding hydrogens is 314 g/mol. The number of nitrogens with zero attached hydrogens (tertiary/aromatic N) is 1. The molecule has 1 amide bonds. The second-order valence-electron chi connectivity index (χ2n) is 5.79. The third kappa shape index (κ3) is 4.04. The van der Waals surface area contributed by atoms with Crippen molar-refractivity contribution in [1.82, 2.24) is 0 Å². The Hall–Kier alpha value is -2.12. The van der Waals surface area contributed by atoms with E-state index < -0.39 is 12.1 Å². The lowest BCUT2D eigenvalue weighted by Gasteiger charge is -2.16. The van der Waals surface area contributed by atoms with E-state index in [1.165, 1.54) is 4.90 Å². The summed E-state index contributed by atoms with van der Waals surface area (Å²) in [5.74, 6) is -0.0507. The van der Waals surface area contributed by atoms with Crippen LogP contribution in [0.15, 0.2) is 24.3 Å². The van der Waals surface area contributed by atoms with Crippen molar-refractivity contribution in [2.24, 2.45) is 0 Å². The Kier molecular flexibility index (Phi) is 5.32. The van der Waals surface area contributed by atoms with Crippen LogP contribution < -0.4 is 9.64 Å². The predicted molar refractivity (Wildman–Crippen MR) is 85.2 cm³/mol. The SMILES string of the molecule is C[C@@H](OC[C@@H]1CCCO1)C(=O)Oc1ccc(N2CCOC2=O)cc1. The number of carbonyl (C=O) groups excluding carboxylic acids is 2. The van der Waals surface area contributed by atoms with Gasteiger partial charge >= 0.3 is 12.1 Å². The molecule has 0 radical (unpaired) electrons. The summed E-state index contributed by atoms with van der Waals surface area (Å²) >= 11 is 0. The van der Waals surface area contributed by atoms with E-state index in [1.54, 1.807) is 31.2 Å². The maximum atomic E-state index is 12.0. The van der Waals surface area contributed by atoms with Gasteiger partial charge in [0, 0.05) is 12.3 Å². The van der Waals surface area contributed by atoms with Crippen molar-refractivity contribution < 1.29 is 28.5 Å². The van der Waals surface area contributed by atoms with Crippen molar-refractivity contribution in [3.63, 3.8) is 0 Å². The van der Waals surface area contributed by atoms with Crippen LogP contribution in [0.3, 0.4) is 0 Å². The molecule has 7 nitrogen and oxygen atoms in total. The minimum atomic E-state index is -0.664. The second-order valence-corrected chi connectivity index (χ2v) is 5.79. The Balaban J connectivity index is 1.49. The van der Waals surface area contributed by atoms with Gasteiger partial charge in [-0.25, -0.2) is 9.59 Å². The van der Waals surface area contributed by atoms with Gasteiger partial charge in [-0.05, 0) is 44.0 Å². The number of hydrogen-bond donors (Lipinski definition) is 0. The summed E-state index contributed by atoms with van der Waals surface area (Å²) in [5, 5.41) is 0. The van der Waals surface area contributed by atoms with Crippen molar-refractivity contribution in [2.45, 2.75) is 32.0 Å². The van der Waals surface area contributed by atoms with Gasteiger partial charge in [-0.15, -0.1) is 0 Å². The minimum absolute atomic E-state index is 0.0692. The average Bonchev–Trinajstić information content (AvgIpc) is 3.25. The van der Waals surface area contributed by atoms with Gasteiger partial charge in [0.1, 0.15) is 12.4 Å². The third-order valence-electron chi connectivity index (χ3n) is 4.02. The summed E-state index contributed by atoms with van der Waals surface area (Å²) in [6, 6.07) is 6.72. The van der Waals surface area contributed by atoms with Gasteiger partial charge in [0.15, 0.2) is 6.10 Å². The van der Waals surface area contributed by atoms with Gasteiger partial charge in [0.05, 0.1) is 19.3 Å². The quantitative estimate of drug-likeness (QED) is 0.586. The first kappa shape index (κ1) is 16.7. The molecule has 24 heavy (non-hydrogen) atoms. The number of cyclic esters (lactones) is 1. The van der Waals surface area contributed by atoms with Crippen LogP contribution in [0, 0.1) is 0 Å². The molecule has 0 bridgehead atoms. The summed E-state index contributed by atoms with van der Waals surface area (Å²) in [6.45, 7) is 3.71. The standard InChI is InChI=1S/C17H21NO6/c1-12(23-11-15-3-2-9-21-15)16(19)24-14-6-4-13(5-7-14)18-8-10-22-17(18)20/h4-7,12,15H,2-3,8-11H2,1H3/t12-,15+/m1/s1. The van der Waals surface area contributed by atoms with Gasteiger partial charge in [-0.3, -0.25) is 4.90 Å². The number of benzene rings is 1. The first-order valence-corrected chi connectivity index (χ1v) is 8.13. The molecule has 2 fully saturated rings. The third-order valence-corrected chi connectivity index (χ3v) is 4.02. The summed E-state index contributed by atoms with van der Waals surface area (Å²) < 4.78 is 21.1. The highest BCUT2D eigenvalue weighted by molar-refractivity contribution is 5.89. The molecule has 0 aromatic heterocycles. The Morgan fingerprint density at radius 3 is 2.75 bits per heavy atom. The van der Waals surface area contributed by atoms with Gasteiger partial charge in [0.2, 0.25) is 0 Å². The number of rotatable bonds is 6. The molecule has 0 N–H and O–H groups in total. The molecule has 7 heteroatoms. The summed E-state index contributed by atoms with van der Waals surface area (Å²) in [5.41, 5.74) is 0.708. The van der Waals surface area contributed by atoms with Crippen LogP contribution in [-0.4, -0.2) is 50.6 Å². The molecule has 130 valence electrons. The average molecular weight is 335 g/mol. The first-order chi connectivity index (χ1) is 11.6. The Bertz CT molecular complexity index is 581. The largest absolute Gasteiger partial charge is 0.447 e. The molecule has 1 aromatic rings. The lowest BCUT2D eigenvalue weighted by Crippen LogP contribution is -2.29. The monoisotopic (exact) mass is 335 g/mol. The van der Waals surface area contributed by atoms with Crippen molar-refractivity contribution in [2.75, 3.05) is 31.3 Å². The summed E-state index contributed by atoms with van der Waals surface area (Å²) in [6.07, 6.45) is 1.03. The maximum Gasteiger partial charge on any atom is 0.414 e. The zero-order valence-corrected chi connectivity index (χ0v) is 13.6. The maximum absolute atomic E-state index is 12.0. The molecule has 0 aliphatic carbocycles. The van der Waals surface area contributed by atoms with Crippen LogP contribution in [0.2, 0.25) is 0 Å². The Morgan fingerprint density at radius 2 is 2.12 bits per heavy atom. The van der Waals surface area contributed by atoms with Crippen LogP contribution in [0.25, 0.3) is 0 Å². The molecule has 2 atom stereocenters. The van der Waals surface area contributed by atoms with E-state index in [1.807, 2.05) is 0 Å². The smallest absolute Gasteiger partial charge is 0.414 e. The van der Waals surface area contributed by atoms with Crippen molar-refractivity contribution in [1.29, 1.82) is 0 Å². The molecule has 2 saturated heterocycles. The molecule has 3 rings (SSSR count). The molecule has 0 unspecified atom stereocenters. The number of carbonyl (C=O) groups is 2. The van der Waals surface area contributed by atoms with E-state index in [-0.39, 0.29) is 12.2 Å². The second kappa shape index (κ2) is 7.63. The molecule has 1 aromatic carbocycles. The van der Waals surface area contributed by atoms with Gasteiger partial charge in [-0.1, -0.05) is 0 Å². The van der Waals surface area contributed by atoms with Crippen molar-refractivity contribution in [3.8, 4) is 5.75 Å². The molecule has 0 spiro atoms. The Morgan fingerprint density at radius 1 is 1.33 bits per heavy atom. The number of esters is 1. The zero-order chi connectivity index (χ0) is 16.9. The molecule has 0 saturated carbocycles. The lowest BCUT2D eigenvalue weighted by molar-refractivity contribution is -0.148. The van der Waals surface area contributed by atoms with Crippen LogP contribution in [0.4, 0.5) is 10.5 Å². The summed E-state index contributed by atoms with van der Waals surface area (Å²) in [7, 11) is 0. The van der Waals surface area contributed by atoms with Crippen LogP contribution in [0.1, 0.15) is 19.8 Å². The summed E-state index contributed by atoms with van der Waals surface area (Å²) in [4.78, 5) is 25.1. The number of anilines is 1. The van der Waals surface area contributed by atoms with Crippen molar-refractivity contribution in [3.05, 3.63) is 24.3 Å². The zero-order valence-electron chi connectivity index (χ0n) is 13.6. The normalized spacial score (nSPS) is 21.6. The van der Waals surface area contributed by atoms with E-state index >= 15 is 0 Å². The Labute approximate surface area is 140 Å². The van der Waals surface area contributed by atoms with Crippen LogP contribution in [0.5, 0.6) is 5.75 Å². The van der Waals surface area contributed by atoms with Crippen molar-refractivity contribution >= 4 is 17.7 Å². The van der Waals surface area contributed by atoms with E-state index in [9.17, 15) is 9.59 Å². The fraction of sp³-hybridized carbons (Fsp3) is 0.529. The molecule has 2 aliphatic rings. The topological polar surface area (TPSA) is 74.3 Å². The highest BCUT2D eigenvalue weighted by Crippen LogP contribution is 2.22. The van der Waals surface area contributed by atoms with E-state index in [2.05, 4.69) is 0 Å². The van der Waals surface area contributed by atoms with Crippen LogP contribution in [-0.2, 0) is 19.0 Å². The lowest BCUT2D eigenvalue weighted by atomic mass is 10.2. The number of amides is 1. The molecular formula is C17H21NO6. The molecule has 2 heterocycles. The number of hydrogen-bond acceptors (Lipinski definition) is 6. The van der Waals surface area contributed by atoms with Crippen LogP contribution >= 0.6 is 0 Å². The fourth-order valence-electron chi connectivity index (χ4n) is 2.62. The van der Waals surface area contributed by atoms with E-state index in [0.29, 0.717) is 31.2 Å². The minimum Gasteiger partial charge on any atom is -0.447 e. The van der Waals surface area contributed by atoms with E-state index in [0.717, 1.165) is 19.4 Å². The predicted octanol–water partition coefficient (Wildman–Crippen LogP) is 2.13. The van der Waals surface area contributed by atoms with Gasteiger partial charge < -0.3 is 18.9 Å². The van der Waals surface area contributed by atoms with Gasteiger partial charge in [0.25, 0.3) is 0 Å².